The quantitative estimate of drug-likeness (QED) is 0.941. The van der Waals surface area contributed by atoms with Gasteiger partial charge in [-0.1, -0.05) is 29.8 Å². The average Bonchev–Trinajstić information content (AvgIpc) is 2.89. The maximum absolute atomic E-state index is 12.2. The van der Waals surface area contributed by atoms with Crippen molar-refractivity contribution < 1.29 is 13.2 Å². The number of hydrogen-bond donors (Lipinski definition) is 1. The van der Waals surface area contributed by atoms with E-state index in [9.17, 15) is 8.42 Å². The Morgan fingerprint density at radius 3 is 2.62 bits per heavy atom. The van der Waals surface area contributed by atoms with Crippen molar-refractivity contribution in [1.29, 1.82) is 0 Å². The summed E-state index contributed by atoms with van der Waals surface area (Å²) in [5, 5.41) is 0.507. The van der Waals surface area contributed by atoms with Gasteiger partial charge in [0.15, 0.2) is 0 Å². The summed E-state index contributed by atoms with van der Waals surface area (Å²) < 4.78 is 32.6. The van der Waals surface area contributed by atoms with Crippen LogP contribution in [0.5, 0.6) is 5.75 Å². The van der Waals surface area contributed by atoms with Crippen LogP contribution in [-0.2, 0) is 10.0 Å². The zero-order chi connectivity index (χ0) is 14.9. The van der Waals surface area contributed by atoms with Crippen molar-refractivity contribution >= 4 is 21.6 Å². The van der Waals surface area contributed by atoms with E-state index in [1.807, 2.05) is 24.3 Å². The fraction of sp³-hybridized carbons (Fsp3) is 0.200. The molecule has 0 spiro atoms. The molecular weight excluding hydrogens is 310 g/mol. The lowest BCUT2D eigenvalue weighted by atomic mass is 10.0. The second-order valence-corrected chi connectivity index (χ2v) is 7.05. The van der Waals surface area contributed by atoms with Crippen LogP contribution in [0, 0.1) is 0 Å². The van der Waals surface area contributed by atoms with Crippen LogP contribution in [0.2, 0.25) is 5.02 Å². The van der Waals surface area contributed by atoms with Crippen LogP contribution in [0.3, 0.4) is 0 Å². The van der Waals surface area contributed by atoms with Gasteiger partial charge < -0.3 is 4.74 Å². The van der Waals surface area contributed by atoms with Gasteiger partial charge in [-0.15, -0.1) is 0 Å². The smallest absolute Gasteiger partial charge is 0.240 e. The summed E-state index contributed by atoms with van der Waals surface area (Å²) in [6.07, 6.45) is 0. The molecule has 2 aromatic rings. The lowest BCUT2D eigenvalue weighted by Gasteiger charge is -2.11. The Morgan fingerprint density at radius 1 is 1.14 bits per heavy atom. The van der Waals surface area contributed by atoms with Crippen LogP contribution in [0.1, 0.15) is 11.5 Å². The van der Waals surface area contributed by atoms with Crippen molar-refractivity contribution in [2.24, 2.45) is 0 Å². The molecule has 3 rings (SSSR count). The molecule has 110 valence electrons. The molecule has 0 radical (unpaired) electrons. The number of ether oxygens (including phenoxy) is 1. The first-order chi connectivity index (χ1) is 10.1. The normalized spacial score (nSPS) is 17.3. The molecule has 1 atom stereocenters. The minimum Gasteiger partial charge on any atom is -0.493 e. The van der Waals surface area contributed by atoms with Crippen LogP contribution < -0.4 is 9.46 Å². The third-order valence-electron chi connectivity index (χ3n) is 3.44. The summed E-state index contributed by atoms with van der Waals surface area (Å²) in [6, 6.07) is 13.8. The van der Waals surface area contributed by atoms with E-state index in [4.69, 9.17) is 16.3 Å². The topological polar surface area (TPSA) is 55.4 Å². The highest BCUT2D eigenvalue weighted by Gasteiger charge is 2.25. The average molecular weight is 324 g/mol. The maximum atomic E-state index is 12.2. The van der Waals surface area contributed by atoms with E-state index < -0.39 is 10.0 Å². The minimum atomic E-state index is -3.53. The molecule has 1 unspecified atom stereocenters. The number of rotatable bonds is 4. The number of benzene rings is 2. The SMILES string of the molecule is O=S(=O)(NCC1COc2ccccc21)c1ccc(Cl)cc1. The molecule has 2 aromatic carbocycles. The fourth-order valence-electron chi connectivity index (χ4n) is 2.31. The molecular formula is C15H14ClNO3S. The molecule has 1 N–H and O–H groups in total. The molecule has 0 amide bonds. The van der Waals surface area contributed by atoms with Gasteiger partial charge in [0.05, 0.1) is 11.5 Å². The largest absolute Gasteiger partial charge is 0.493 e. The molecule has 0 aromatic heterocycles. The molecule has 1 aliphatic heterocycles. The van der Waals surface area contributed by atoms with E-state index in [0.29, 0.717) is 18.2 Å². The lowest BCUT2D eigenvalue weighted by molar-refractivity contribution is 0.330. The van der Waals surface area contributed by atoms with E-state index >= 15 is 0 Å². The Morgan fingerprint density at radius 2 is 1.86 bits per heavy atom. The van der Waals surface area contributed by atoms with E-state index in [1.54, 1.807) is 12.1 Å². The Balaban J connectivity index is 1.72. The molecule has 0 saturated heterocycles. The summed E-state index contributed by atoms with van der Waals surface area (Å²) in [6.45, 7) is 0.796. The summed E-state index contributed by atoms with van der Waals surface area (Å²) in [7, 11) is -3.53. The number of fused-ring (bicyclic) bond motifs is 1. The highest BCUT2D eigenvalue weighted by atomic mass is 35.5. The van der Waals surface area contributed by atoms with Crippen molar-refractivity contribution in [3.05, 3.63) is 59.1 Å². The highest BCUT2D eigenvalue weighted by Crippen LogP contribution is 2.33. The van der Waals surface area contributed by atoms with E-state index in [2.05, 4.69) is 4.72 Å². The van der Waals surface area contributed by atoms with Gasteiger partial charge in [-0.2, -0.15) is 0 Å². The van der Waals surface area contributed by atoms with Crippen LogP contribution in [0.4, 0.5) is 0 Å². The first-order valence-corrected chi connectivity index (χ1v) is 8.39. The summed E-state index contributed by atoms with van der Waals surface area (Å²) in [5.41, 5.74) is 1.04. The molecule has 1 heterocycles. The highest BCUT2D eigenvalue weighted by molar-refractivity contribution is 7.89. The van der Waals surface area contributed by atoms with Gasteiger partial charge in [0.25, 0.3) is 0 Å². The van der Waals surface area contributed by atoms with Gasteiger partial charge in [-0.05, 0) is 30.3 Å². The van der Waals surface area contributed by atoms with E-state index in [1.165, 1.54) is 12.1 Å². The lowest BCUT2D eigenvalue weighted by Crippen LogP contribution is -2.29. The van der Waals surface area contributed by atoms with Crippen molar-refractivity contribution in [3.63, 3.8) is 0 Å². The predicted octanol–water partition coefficient (Wildman–Crippen LogP) is 2.79. The number of halogens is 1. The molecule has 1 aliphatic rings. The Labute approximate surface area is 128 Å². The van der Waals surface area contributed by atoms with Crippen molar-refractivity contribution in [2.45, 2.75) is 10.8 Å². The molecule has 0 bridgehead atoms. The van der Waals surface area contributed by atoms with Crippen LogP contribution in [0.15, 0.2) is 53.4 Å². The number of nitrogens with one attached hydrogen (secondary N) is 1. The predicted molar refractivity (Wildman–Crippen MR) is 81.3 cm³/mol. The fourth-order valence-corrected chi connectivity index (χ4v) is 3.51. The Kier molecular flexibility index (Phi) is 3.89. The van der Waals surface area contributed by atoms with Crippen molar-refractivity contribution in [2.75, 3.05) is 13.2 Å². The van der Waals surface area contributed by atoms with Gasteiger partial charge in [0.2, 0.25) is 10.0 Å². The molecule has 0 saturated carbocycles. The molecule has 0 fully saturated rings. The van der Waals surface area contributed by atoms with E-state index in [0.717, 1.165) is 11.3 Å². The molecule has 0 aliphatic carbocycles. The van der Waals surface area contributed by atoms with Crippen LogP contribution >= 0.6 is 11.6 Å². The minimum absolute atomic E-state index is 0.0308. The Bertz CT molecular complexity index is 744. The van der Waals surface area contributed by atoms with Crippen LogP contribution in [0.25, 0.3) is 0 Å². The number of sulfonamides is 1. The Hall–Kier alpha value is -1.56. The summed E-state index contributed by atoms with van der Waals surface area (Å²) >= 11 is 5.77. The van der Waals surface area contributed by atoms with Crippen LogP contribution in [-0.4, -0.2) is 21.6 Å². The third kappa shape index (κ3) is 3.05. The number of para-hydroxylation sites is 1. The van der Waals surface area contributed by atoms with E-state index in [-0.39, 0.29) is 10.8 Å². The van der Waals surface area contributed by atoms with Gasteiger partial charge >= 0.3 is 0 Å². The zero-order valence-electron chi connectivity index (χ0n) is 11.1. The molecule has 4 nitrogen and oxygen atoms in total. The first kappa shape index (κ1) is 14.4. The number of hydrogen-bond acceptors (Lipinski definition) is 3. The summed E-state index contributed by atoms with van der Waals surface area (Å²) in [5.74, 6) is 0.858. The maximum Gasteiger partial charge on any atom is 0.240 e. The van der Waals surface area contributed by atoms with Gasteiger partial charge in [0.1, 0.15) is 5.75 Å². The molecule has 6 heteroatoms. The van der Waals surface area contributed by atoms with Gasteiger partial charge in [-0.25, -0.2) is 13.1 Å². The zero-order valence-corrected chi connectivity index (χ0v) is 12.7. The second-order valence-electron chi connectivity index (χ2n) is 4.85. The molecule has 21 heavy (non-hydrogen) atoms. The van der Waals surface area contributed by atoms with Gasteiger partial charge in [0, 0.05) is 23.0 Å². The van der Waals surface area contributed by atoms with Crippen molar-refractivity contribution in [1.82, 2.24) is 4.72 Å². The standard InChI is InChI=1S/C15H14ClNO3S/c16-12-5-7-13(8-6-12)21(18,19)17-9-11-10-20-15-4-2-1-3-14(11)15/h1-8,11,17H,9-10H2. The second kappa shape index (κ2) is 5.67. The third-order valence-corrected chi connectivity index (χ3v) is 5.13. The van der Waals surface area contributed by atoms with Gasteiger partial charge in [-0.3, -0.25) is 0 Å². The summed E-state index contributed by atoms with van der Waals surface area (Å²) in [4.78, 5) is 0.208. The first-order valence-electron chi connectivity index (χ1n) is 6.53. The monoisotopic (exact) mass is 323 g/mol. The van der Waals surface area contributed by atoms with Crippen molar-refractivity contribution in [3.8, 4) is 5.75 Å².